The van der Waals surface area contributed by atoms with Gasteiger partial charge < -0.3 is 0 Å². The molecule has 0 aliphatic carbocycles. The Morgan fingerprint density at radius 3 is 2.65 bits per heavy atom. The average molecular weight is 433 g/mol. The van der Waals surface area contributed by atoms with Crippen molar-refractivity contribution in [2.45, 2.75) is 57.8 Å². The first-order chi connectivity index (χ1) is 14.8. The van der Waals surface area contributed by atoms with Gasteiger partial charge in [-0.25, -0.2) is 4.98 Å². The van der Waals surface area contributed by atoms with E-state index < -0.39 is 11.9 Å². The second-order valence-corrected chi connectivity index (χ2v) is 8.27. The number of likely N-dealkylation sites (tertiary alicyclic amines) is 1. The van der Waals surface area contributed by atoms with E-state index in [0.717, 1.165) is 31.3 Å². The summed E-state index contributed by atoms with van der Waals surface area (Å²) in [6, 6.07) is 4.83. The summed E-state index contributed by atoms with van der Waals surface area (Å²) in [6.45, 7) is 6.02. The fourth-order valence-electron chi connectivity index (χ4n) is 4.30. The van der Waals surface area contributed by atoms with Gasteiger partial charge in [-0.1, -0.05) is 13.0 Å². The van der Waals surface area contributed by atoms with E-state index in [1.54, 1.807) is 6.20 Å². The lowest BCUT2D eigenvalue weighted by Crippen LogP contribution is -2.32. The van der Waals surface area contributed by atoms with Gasteiger partial charge in [-0.05, 0) is 68.5 Å². The molecule has 3 aromatic rings. The van der Waals surface area contributed by atoms with Gasteiger partial charge in [-0.2, -0.15) is 13.2 Å². The molecule has 0 saturated carbocycles. The summed E-state index contributed by atoms with van der Waals surface area (Å²) in [5.41, 5.74) is 0.352. The summed E-state index contributed by atoms with van der Waals surface area (Å²) >= 11 is 0. The van der Waals surface area contributed by atoms with Crippen molar-refractivity contribution < 1.29 is 13.2 Å². The molecule has 1 unspecified atom stereocenters. The van der Waals surface area contributed by atoms with E-state index in [1.165, 1.54) is 4.68 Å². The van der Waals surface area contributed by atoms with Crippen LogP contribution < -0.4 is 5.56 Å². The minimum atomic E-state index is -4.57. The van der Waals surface area contributed by atoms with Crippen molar-refractivity contribution in [1.82, 2.24) is 24.6 Å². The Morgan fingerprint density at radius 1 is 1.29 bits per heavy atom. The van der Waals surface area contributed by atoms with Crippen molar-refractivity contribution in [3.8, 4) is 0 Å². The zero-order valence-corrected chi connectivity index (χ0v) is 17.6. The largest absolute Gasteiger partial charge is 0.433 e. The molecule has 1 atom stereocenters. The van der Waals surface area contributed by atoms with E-state index in [0.29, 0.717) is 30.2 Å². The fraction of sp³-hybridized carbons (Fsp3) is 0.500. The van der Waals surface area contributed by atoms with Crippen LogP contribution in [0.4, 0.5) is 13.2 Å². The minimum absolute atomic E-state index is 0.0990. The van der Waals surface area contributed by atoms with Crippen LogP contribution in [-0.4, -0.2) is 37.7 Å². The van der Waals surface area contributed by atoms with E-state index in [1.807, 2.05) is 32.2 Å². The van der Waals surface area contributed by atoms with Gasteiger partial charge >= 0.3 is 6.18 Å². The number of nitrogens with one attached hydrogen (secondary N) is 1. The van der Waals surface area contributed by atoms with Crippen LogP contribution >= 0.6 is 0 Å². The Balaban J connectivity index is 1.67. The van der Waals surface area contributed by atoms with Gasteiger partial charge in [0.1, 0.15) is 5.69 Å². The van der Waals surface area contributed by atoms with Gasteiger partial charge in [0.2, 0.25) is 0 Å². The molecule has 0 spiro atoms. The predicted octanol–water partition coefficient (Wildman–Crippen LogP) is 4.49. The van der Waals surface area contributed by atoms with Gasteiger partial charge in [0, 0.05) is 25.0 Å². The van der Waals surface area contributed by atoms with Crippen molar-refractivity contribution >= 4 is 11.0 Å². The number of halogens is 3. The molecule has 1 aliphatic heterocycles. The maximum Gasteiger partial charge on any atom is 0.433 e. The van der Waals surface area contributed by atoms with Crippen molar-refractivity contribution in [3.05, 3.63) is 57.8 Å². The Kier molecular flexibility index (Phi) is 5.88. The molecule has 9 heteroatoms. The molecule has 1 N–H and O–H groups in total. The lowest BCUT2D eigenvalue weighted by atomic mass is 9.87. The molecule has 4 rings (SSSR count). The summed E-state index contributed by atoms with van der Waals surface area (Å²) in [6.07, 6.45) is 1.02. The number of hydrogen-bond donors (Lipinski definition) is 1. The molecule has 0 aromatic carbocycles. The van der Waals surface area contributed by atoms with E-state index in [-0.39, 0.29) is 23.2 Å². The van der Waals surface area contributed by atoms with Gasteiger partial charge in [0.25, 0.3) is 5.56 Å². The molecule has 4 heterocycles. The highest BCUT2D eigenvalue weighted by Gasteiger charge is 2.36. The molecular formula is C22H26F3N5O. The first-order valence-corrected chi connectivity index (χ1v) is 10.6. The van der Waals surface area contributed by atoms with Crippen LogP contribution in [0.5, 0.6) is 0 Å². The fourth-order valence-corrected chi connectivity index (χ4v) is 4.30. The highest BCUT2D eigenvalue weighted by Crippen LogP contribution is 2.37. The number of H-pyrrole nitrogens is 1. The number of pyridine rings is 2. The number of hydrogen-bond acceptors (Lipinski definition) is 4. The molecule has 0 radical (unpaired) electrons. The molecule has 31 heavy (non-hydrogen) atoms. The average Bonchev–Trinajstić information content (AvgIpc) is 3.10. The van der Waals surface area contributed by atoms with E-state index in [2.05, 4.69) is 20.0 Å². The summed E-state index contributed by atoms with van der Waals surface area (Å²) in [7, 11) is 0. The number of aromatic amines is 1. The highest BCUT2D eigenvalue weighted by molar-refractivity contribution is 5.80. The number of alkyl halides is 3. The van der Waals surface area contributed by atoms with Gasteiger partial charge in [-0.15, -0.1) is 0 Å². The van der Waals surface area contributed by atoms with E-state index in [4.69, 9.17) is 0 Å². The first kappa shape index (κ1) is 21.5. The molecule has 0 amide bonds. The SMILES string of the molecule is CCC(C)n1[nH]c(=O)c2c(C3CCN(Cc4cccnc4)CC3)cc(C(F)(F)F)nc21. The molecular weight excluding hydrogens is 407 g/mol. The third-order valence-electron chi connectivity index (χ3n) is 6.19. The van der Waals surface area contributed by atoms with Crippen LogP contribution in [-0.2, 0) is 12.7 Å². The molecule has 166 valence electrons. The van der Waals surface area contributed by atoms with E-state index in [9.17, 15) is 18.0 Å². The quantitative estimate of drug-likeness (QED) is 0.644. The summed E-state index contributed by atoms with van der Waals surface area (Å²) in [5.74, 6) is -0.120. The summed E-state index contributed by atoms with van der Waals surface area (Å²) in [4.78, 5) is 23.0. The molecule has 3 aromatic heterocycles. The molecule has 6 nitrogen and oxygen atoms in total. The van der Waals surface area contributed by atoms with Crippen LogP contribution in [0.3, 0.4) is 0 Å². The molecule has 1 aliphatic rings. The van der Waals surface area contributed by atoms with E-state index >= 15 is 0 Å². The smallest absolute Gasteiger partial charge is 0.299 e. The maximum absolute atomic E-state index is 13.6. The predicted molar refractivity (Wildman–Crippen MR) is 112 cm³/mol. The standard InChI is InChI=1S/C22H26F3N5O/c1-3-14(2)30-20-19(21(31)28-30)17(11-18(27-20)22(23,24)25)16-6-9-29(10-7-16)13-15-5-4-8-26-12-15/h4-5,8,11-12,14,16H,3,6-7,9-10,13H2,1-2H3,(H,28,31). The Hall–Kier alpha value is -2.68. The number of rotatable bonds is 5. The zero-order chi connectivity index (χ0) is 22.2. The monoisotopic (exact) mass is 433 g/mol. The topological polar surface area (TPSA) is 66.8 Å². The van der Waals surface area contributed by atoms with Crippen LogP contribution in [0.15, 0.2) is 35.4 Å². The zero-order valence-electron chi connectivity index (χ0n) is 17.6. The van der Waals surface area contributed by atoms with Gasteiger partial charge in [-0.3, -0.25) is 24.5 Å². The van der Waals surface area contributed by atoms with Crippen molar-refractivity contribution in [2.75, 3.05) is 13.1 Å². The normalized spacial score (nSPS) is 17.3. The number of piperidine rings is 1. The van der Waals surface area contributed by atoms with Crippen molar-refractivity contribution in [3.63, 3.8) is 0 Å². The number of fused-ring (bicyclic) bond motifs is 1. The molecule has 1 saturated heterocycles. The van der Waals surface area contributed by atoms with Gasteiger partial charge in [0.05, 0.1) is 5.39 Å². The molecule has 0 bridgehead atoms. The van der Waals surface area contributed by atoms with Crippen LogP contribution in [0.25, 0.3) is 11.0 Å². The summed E-state index contributed by atoms with van der Waals surface area (Å²) in [5, 5.41) is 3.01. The van der Waals surface area contributed by atoms with Crippen LogP contribution in [0.1, 0.15) is 61.9 Å². The lowest BCUT2D eigenvalue weighted by molar-refractivity contribution is -0.141. The Bertz CT molecular complexity index is 1100. The van der Waals surface area contributed by atoms with Gasteiger partial charge in [0.15, 0.2) is 5.65 Å². The third kappa shape index (κ3) is 4.37. The number of aromatic nitrogens is 4. The lowest BCUT2D eigenvalue weighted by Gasteiger charge is -2.32. The maximum atomic E-state index is 13.6. The third-order valence-corrected chi connectivity index (χ3v) is 6.19. The Morgan fingerprint density at radius 2 is 2.03 bits per heavy atom. The Labute approximate surface area is 178 Å². The van der Waals surface area contributed by atoms with Crippen molar-refractivity contribution in [2.24, 2.45) is 0 Å². The second-order valence-electron chi connectivity index (χ2n) is 8.27. The van der Waals surface area contributed by atoms with Crippen LogP contribution in [0, 0.1) is 0 Å². The number of nitrogens with zero attached hydrogens (tertiary/aromatic N) is 4. The second kappa shape index (κ2) is 8.45. The first-order valence-electron chi connectivity index (χ1n) is 10.6. The highest BCUT2D eigenvalue weighted by atomic mass is 19.4. The summed E-state index contributed by atoms with van der Waals surface area (Å²) < 4.78 is 42.3. The minimum Gasteiger partial charge on any atom is -0.299 e. The van der Waals surface area contributed by atoms with Crippen LogP contribution in [0.2, 0.25) is 0 Å². The molecule has 1 fully saturated rings. The van der Waals surface area contributed by atoms with Crippen molar-refractivity contribution in [1.29, 1.82) is 0 Å².